The van der Waals surface area contributed by atoms with Crippen LogP contribution in [-0.4, -0.2) is 40.3 Å². The Kier molecular flexibility index (Phi) is 3.66. The van der Waals surface area contributed by atoms with Crippen molar-refractivity contribution in [1.29, 1.82) is 0 Å². The monoisotopic (exact) mass is 239 g/mol. The van der Waals surface area contributed by atoms with E-state index in [2.05, 4.69) is 5.92 Å². The van der Waals surface area contributed by atoms with Crippen LogP contribution in [0.2, 0.25) is 0 Å². The van der Waals surface area contributed by atoms with Crippen LogP contribution >= 0.6 is 0 Å². The number of nitrogens with zero attached hydrogens (tertiary/aromatic N) is 1. The molecule has 2 atom stereocenters. The molecule has 0 heterocycles. The molecule has 0 aromatic carbocycles. The van der Waals surface area contributed by atoms with Crippen LogP contribution in [0.25, 0.3) is 0 Å². The van der Waals surface area contributed by atoms with Crippen LogP contribution in [0.1, 0.15) is 27.2 Å². The van der Waals surface area contributed by atoms with Crippen molar-refractivity contribution in [3.05, 3.63) is 0 Å². The molecule has 0 aromatic rings. The Bertz CT molecular complexity index is 364. The van der Waals surface area contributed by atoms with E-state index in [1.807, 2.05) is 0 Å². The number of rotatable bonds is 3. The highest BCUT2D eigenvalue weighted by molar-refractivity contribution is 5.77. The lowest BCUT2D eigenvalue weighted by atomic mass is 10.2. The molecule has 1 saturated carbocycles. The molecule has 0 aliphatic heterocycles. The lowest BCUT2D eigenvalue weighted by Gasteiger charge is -2.26. The van der Waals surface area contributed by atoms with Crippen molar-refractivity contribution in [2.75, 3.05) is 6.54 Å². The molecular weight excluding hydrogens is 222 g/mol. The van der Waals surface area contributed by atoms with Gasteiger partial charge < -0.3 is 9.84 Å². The second kappa shape index (κ2) is 4.66. The molecule has 1 rings (SSSR count). The Labute approximate surface area is 101 Å². The summed E-state index contributed by atoms with van der Waals surface area (Å²) in [5.74, 6) is 1.39. The first-order chi connectivity index (χ1) is 7.74. The number of carbonyl (C=O) groups is 2. The summed E-state index contributed by atoms with van der Waals surface area (Å²) in [5.41, 5.74) is -0.644. The Morgan fingerprint density at radius 2 is 2.12 bits per heavy atom. The second-order valence-corrected chi connectivity index (χ2v) is 5.08. The molecule has 1 aliphatic rings. The highest BCUT2D eigenvalue weighted by Gasteiger charge is 2.44. The third kappa shape index (κ3) is 3.99. The van der Waals surface area contributed by atoms with Crippen LogP contribution in [0.3, 0.4) is 0 Å². The number of carboxylic acid groups (broad SMARTS) is 1. The van der Waals surface area contributed by atoms with E-state index in [4.69, 9.17) is 16.3 Å². The number of ether oxygens (including phenoxy) is 1. The van der Waals surface area contributed by atoms with E-state index < -0.39 is 17.7 Å². The topological polar surface area (TPSA) is 66.8 Å². The average molecular weight is 239 g/mol. The molecule has 2 unspecified atom stereocenters. The van der Waals surface area contributed by atoms with E-state index in [0.29, 0.717) is 6.42 Å². The summed E-state index contributed by atoms with van der Waals surface area (Å²) in [6.07, 6.45) is 5.26. The molecule has 5 nitrogen and oxygen atoms in total. The van der Waals surface area contributed by atoms with Gasteiger partial charge in [-0.2, -0.15) is 0 Å². The molecular formula is C12H17NO4. The Morgan fingerprint density at radius 1 is 1.53 bits per heavy atom. The molecule has 1 aliphatic carbocycles. The third-order valence-electron chi connectivity index (χ3n) is 2.30. The van der Waals surface area contributed by atoms with E-state index in [9.17, 15) is 9.59 Å². The highest BCUT2D eigenvalue weighted by atomic mass is 16.6. The van der Waals surface area contributed by atoms with Gasteiger partial charge in [-0.05, 0) is 27.2 Å². The Balaban J connectivity index is 2.68. The zero-order valence-electron chi connectivity index (χ0n) is 10.3. The Morgan fingerprint density at radius 3 is 2.47 bits per heavy atom. The number of aliphatic carboxylic acids is 1. The first-order valence-electron chi connectivity index (χ1n) is 5.42. The fourth-order valence-electron chi connectivity index (χ4n) is 1.49. The summed E-state index contributed by atoms with van der Waals surface area (Å²) < 4.78 is 5.15. The molecule has 0 radical (unpaired) electrons. The van der Waals surface area contributed by atoms with Crippen molar-refractivity contribution < 1.29 is 19.4 Å². The van der Waals surface area contributed by atoms with E-state index in [-0.39, 0.29) is 18.5 Å². The molecule has 0 saturated heterocycles. The summed E-state index contributed by atoms with van der Waals surface area (Å²) in [5, 5.41) is 8.77. The summed E-state index contributed by atoms with van der Waals surface area (Å²) in [6.45, 7) is 4.82. The van der Waals surface area contributed by atoms with Crippen molar-refractivity contribution >= 4 is 12.1 Å². The van der Waals surface area contributed by atoms with Gasteiger partial charge in [-0.1, -0.05) is 0 Å². The molecule has 1 fully saturated rings. The van der Waals surface area contributed by atoms with E-state index >= 15 is 0 Å². The molecule has 0 bridgehead atoms. The highest BCUT2D eigenvalue weighted by Crippen LogP contribution is 2.35. The van der Waals surface area contributed by atoms with Gasteiger partial charge in [0.2, 0.25) is 0 Å². The van der Waals surface area contributed by atoms with Gasteiger partial charge in [-0.3, -0.25) is 9.69 Å². The lowest BCUT2D eigenvalue weighted by Crippen LogP contribution is -2.41. The SMILES string of the molecule is C#CC1CC1N(CC(=O)O)C(=O)OC(C)(C)C. The number of terminal acetylenes is 1. The summed E-state index contributed by atoms with van der Waals surface area (Å²) in [4.78, 5) is 23.7. The number of hydrogen-bond donors (Lipinski definition) is 1. The van der Waals surface area contributed by atoms with Crippen LogP contribution in [-0.2, 0) is 9.53 Å². The van der Waals surface area contributed by atoms with Gasteiger partial charge >= 0.3 is 12.1 Å². The second-order valence-electron chi connectivity index (χ2n) is 5.08. The van der Waals surface area contributed by atoms with Gasteiger partial charge in [0.15, 0.2) is 0 Å². The van der Waals surface area contributed by atoms with Crippen LogP contribution in [0.15, 0.2) is 0 Å². The fourth-order valence-corrected chi connectivity index (χ4v) is 1.49. The van der Waals surface area contributed by atoms with Gasteiger partial charge in [0, 0.05) is 5.92 Å². The largest absolute Gasteiger partial charge is 0.480 e. The van der Waals surface area contributed by atoms with Crippen molar-refractivity contribution in [1.82, 2.24) is 4.90 Å². The maximum Gasteiger partial charge on any atom is 0.411 e. The van der Waals surface area contributed by atoms with Gasteiger partial charge in [0.25, 0.3) is 0 Å². The number of amides is 1. The minimum absolute atomic E-state index is 0.0538. The summed E-state index contributed by atoms with van der Waals surface area (Å²) >= 11 is 0. The minimum Gasteiger partial charge on any atom is -0.480 e. The first-order valence-corrected chi connectivity index (χ1v) is 5.42. The normalized spacial score (nSPS) is 22.5. The van der Waals surface area contributed by atoms with Crippen molar-refractivity contribution in [3.8, 4) is 12.3 Å². The summed E-state index contributed by atoms with van der Waals surface area (Å²) in [7, 11) is 0. The smallest absolute Gasteiger partial charge is 0.411 e. The van der Waals surface area contributed by atoms with Gasteiger partial charge in [0.1, 0.15) is 12.1 Å². The maximum atomic E-state index is 11.8. The van der Waals surface area contributed by atoms with Gasteiger partial charge in [-0.15, -0.1) is 12.3 Å². The number of hydrogen-bond acceptors (Lipinski definition) is 3. The van der Waals surface area contributed by atoms with Crippen LogP contribution < -0.4 is 0 Å². The fraction of sp³-hybridized carbons (Fsp3) is 0.667. The van der Waals surface area contributed by atoms with Gasteiger partial charge in [0.05, 0.1) is 6.04 Å². The molecule has 1 N–H and O–H groups in total. The third-order valence-corrected chi connectivity index (χ3v) is 2.30. The van der Waals surface area contributed by atoms with Crippen molar-refractivity contribution in [2.24, 2.45) is 5.92 Å². The zero-order chi connectivity index (χ0) is 13.2. The van der Waals surface area contributed by atoms with E-state index in [1.165, 1.54) is 4.90 Å². The Hall–Kier alpha value is -1.70. The van der Waals surface area contributed by atoms with Crippen LogP contribution in [0, 0.1) is 18.3 Å². The maximum absolute atomic E-state index is 11.8. The molecule has 94 valence electrons. The first kappa shape index (κ1) is 13.4. The standard InChI is InChI=1S/C12H17NO4/c1-5-8-6-9(8)13(7-10(14)15)11(16)17-12(2,3)4/h1,8-9H,6-7H2,2-4H3,(H,14,15). The predicted molar refractivity (Wildman–Crippen MR) is 61.3 cm³/mol. The molecule has 17 heavy (non-hydrogen) atoms. The zero-order valence-corrected chi connectivity index (χ0v) is 10.3. The van der Waals surface area contributed by atoms with Crippen molar-refractivity contribution in [3.63, 3.8) is 0 Å². The molecule has 0 aromatic heterocycles. The van der Waals surface area contributed by atoms with Crippen LogP contribution in [0.4, 0.5) is 4.79 Å². The van der Waals surface area contributed by atoms with Crippen LogP contribution in [0.5, 0.6) is 0 Å². The number of carboxylic acids is 1. The lowest BCUT2D eigenvalue weighted by molar-refractivity contribution is -0.138. The van der Waals surface area contributed by atoms with E-state index in [1.54, 1.807) is 20.8 Å². The molecule has 0 spiro atoms. The predicted octanol–water partition coefficient (Wildman–Crippen LogP) is 1.33. The summed E-state index contributed by atoms with van der Waals surface area (Å²) in [6, 6.07) is -0.203. The minimum atomic E-state index is -1.07. The quantitative estimate of drug-likeness (QED) is 0.754. The molecule has 1 amide bonds. The van der Waals surface area contributed by atoms with E-state index in [0.717, 1.165) is 0 Å². The number of carbonyl (C=O) groups excluding carboxylic acids is 1. The average Bonchev–Trinajstić information content (AvgIpc) is 2.89. The van der Waals surface area contributed by atoms with Crippen molar-refractivity contribution in [2.45, 2.75) is 38.8 Å². The molecule has 5 heteroatoms. The van der Waals surface area contributed by atoms with Gasteiger partial charge in [-0.25, -0.2) is 4.79 Å².